The van der Waals surface area contributed by atoms with Gasteiger partial charge < -0.3 is 27.9 Å². The lowest BCUT2D eigenvalue weighted by Gasteiger charge is -2.28. The van der Waals surface area contributed by atoms with Crippen molar-refractivity contribution in [1.82, 2.24) is 0 Å². The van der Waals surface area contributed by atoms with E-state index >= 15 is 0 Å². The van der Waals surface area contributed by atoms with E-state index in [1.165, 1.54) is 270 Å². The minimum Gasteiger partial charge on any atom is -0.756 e. The maximum atomic E-state index is 12.8. The van der Waals surface area contributed by atoms with E-state index in [0.717, 1.165) is 32.1 Å². The van der Waals surface area contributed by atoms with E-state index in [-0.39, 0.29) is 32.0 Å². The zero-order chi connectivity index (χ0) is 52.7. The van der Waals surface area contributed by atoms with Crippen LogP contribution in [0, 0.1) is 0 Å². The molecule has 0 saturated heterocycles. The number of phosphoric ester groups is 1. The quantitative estimate of drug-likeness (QED) is 0.0256. The fourth-order valence-corrected chi connectivity index (χ4v) is 10.4. The molecule has 0 spiro atoms. The van der Waals surface area contributed by atoms with E-state index in [2.05, 4.69) is 13.8 Å². The van der Waals surface area contributed by atoms with Gasteiger partial charge in [0.2, 0.25) is 0 Å². The summed E-state index contributed by atoms with van der Waals surface area (Å²) in [6.07, 6.45) is 63.1. The van der Waals surface area contributed by atoms with Gasteiger partial charge in [0.1, 0.15) is 19.8 Å². The lowest BCUT2D eigenvalue weighted by molar-refractivity contribution is -0.870. The number of carbonyl (C=O) groups excluding carboxylic acids is 2. The minimum atomic E-state index is -4.63. The van der Waals surface area contributed by atoms with Gasteiger partial charge in [-0.05, 0) is 12.8 Å². The standard InChI is InChI=1S/C62H124NO8P/c1-6-8-10-12-14-16-18-20-22-24-26-28-30-32-34-36-38-40-42-44-46-48-50-52-54-61(64)68-58-60(59-70-72(66,67)69-57-56-63(3,4)5)71-62(65)55-53-51-49-47-45-43-41-39-37-35-33-31-29-27-25-23-21-19-17-15-13-11-9-7-2/h60H,6-59H2,1-5H3. The Kier molecular flexibility index (Phi) is 54.0. The number of nitrogens with zero attached hydrogens (tertiary/aromatic N) is 1. The molecule has 0 radical (unpaired) electrons. The molecule has 430 valence electrons. The van der Waals surface area contributed by atoms with Crippen LogP contribution in [0.15, 0.2) is 0 Å². The van der Waals surface area contributed by atoms with Gasteiger partial charge in [0.05, 0.1) is 27.7 Å². The molecule has 2 atom stereocenters. The molecule has 0 rings (SSSR count). The molecule has 0 aromatic heterocycles. The lowest BCUT2D eigenvalue weighted by Crippen LogP contribution is -2.37. The Hall–Kier alpha value is -0.990. The Morgan fingerprint density at radius 3 is 0.889 bits per heavy atom. The van der Waals surface area contributed by atoms with Gasteiger partial charge in [-0.3, -0.25) is 14.2 Å². The summed E-state index contributed by atoms with van der Waals surface area (Å²) in [5.74, 6) is -0.806. The third kappa shape index (κ3) is 58.3. The third-order valence-corrected chi connectivity index (χ3v) is 15.6. The second-order valence-corrected chi connectivity index (χ2v) is 24.6. The molecule has 0 aromatic carbocycles. The molecule has 0 aromatic rings. The van der Waals surface area contributed by atoms with Crippen molar-refractivity contribution in [3.8, 4) is 0 Å². The monoisotopic (exact) mass is 1040 g/mol. The first-order chi connectivity index (χ1) is 35.0. The smallest absolute Gasteiger partial charge is 0.306 e. The molecule has 0 saturated carbocycles. The molecule has 9 nitrogen and oxygen atoms in total. The van der Waals surface area contributed by atoms with E-state index in [1.54, 1.807) is 0 Å². The summed E-state index contributed by atoms with van der Waals surface area (Å²) in [5.41, 5.74) is 0. The summed E-state index contributed by atoms with van der Waals surface area (Å²) in [7, 11) is 1.19. The van der Waals surface area contributed by atoms with Crippen LogP contribution in [-0.2, 0) is 32.7 Å². The Balaban J connectivity index is 4.05. The fraction of sp³-hybridized carbons (Fsp3) is 0.968. The maximum Gasteiger partial charge on any atom is 0.306 e. The third-order valence-electron chi connectivity index (χ3n) is 14.6. The van der Waals surface area contributed by atoms with Crippen LogP contribution < -0.4 is 4.89 Å². The molecule has 0 aliphatic heterocycles. The molecule has 0 amide bonds. The molecule has 0 N–H and O–H groups in total. The predicted octanol–water partition coefficient (Wildman–Crippen LogP) is 19.2. The van der Waals surface area contributed by atoms with Gasteiger partial charge in [-0.1, -0.05) is 309 Å². The Morgan fingerprint density at radius 1 is 0.375 bits per heavy atom. The molecule has 72 heavy (non-hydrogen) atoms. The minimum absolute atomic E-state index is 0.0249. The van der Waals surface area contributed by atoms with Crippen molar-refractivity contribution in [2.24, 2.45) is 0 Å². The van der Waals surface area contributed by atoms with Gasteiger partial charge in [-0.2, -0.15) is 0 Å². The van der Waals surface area contributed by atoms with Crippen LogP contribution >= 0.6 is 7.82 Å². The first kappa shape index (κ1) is 71.0. The highest BCUT2D eigenvalue weighted by Crippen LogP contribution is 2.38. The van der Waals surface area contributed by atoms with Crippen LogP contribution in [-0.4, -0.2) is 70.0 Å². The van der Waals surface area contributed by atoms with Gasteiger partial charge in [-0.25, -0.2) is 0 Å². The molecule has 0 fully saturated rings. The Labute approximate surface area is 448 Å². The zero-order valence-corrected chi connectivity index (χ0v) is 49.8. The summed E-state index contributed by atoms with van der Waals surface area (Å²) in [6.45, 7) is 4.33. The van der Waals surface area contributed by atoms with Gasteiger partial charge in [-0.15, -0.1) is 0 Å². The average Bonchev–Trinajstić information content (AvgIpc) is 3.34. The first-order valence-corrected chi connectivity index (χ1v) is 33.2. The van der Waals surface area contributed by atoms with Crippen LogP contribution in [0.3, 0.4) is 0 Å². The number of phosphoric acid groups is 1. The van der Waals surface area contributed by atoms with Crippen LogP contribution in [0.5, 0.6) is 0 Å². The number of likely N-dealkylation sites (N-methyl/N-ethyl adjacent to an activating group) is 1. The predicted molar refractivity (Wildman–Crippen MR) is 305 cm³/mol. The maximum absolute atomic E-state index is 12.8. The summed E-state index contributed by atoms with van der Waals surface area (Å²) < 4.78 is 34.3. The van der Waals surface area contributed by atoms with E-state index in [1.807, 2.05) is 21.1 Å². The van der Waals surface area contributed by atoms with E-state index < -0.39 is 26.5 Å². The van der Waals surface area contributed by atoms with Crippen molar-refractivity contribution in [1.29, 1.82) is 0 Å². The van der Waals surface area contributed by atoms with Crippen LogP contribution in [0.1, 0.15) is 335 Å². The van der Waals surface area contributed by atoms with Crippen molar-refractivity contribution >= 4 is 19.8 Å². The summed E-state index contributed by atoms with van der Waals surface area (Å²) in [6, 6.07) is 0. The molecule has 0 bridgehead atoms. The van der Waals surface area contributed by atoms with E-state index in [0.29, 0.717) is 17.4 Å². The number of esters is 2. The molecular formula is C62H124NO8P. The van der Waals surface area contributed by atoms with E-state index in [9.17, 15) is 19.0 Å². The number of unbranched alkanes of at least 4 members (excludes halogenated alkanes) is 46. The zero-order valence-electron chi connectivity index (χ0n) is 48.9. The Morgan fingerprint density at radius 2 is 0.625 bits per heavy atom. The lowest BCUT2D eigenvalue weighted by atomic mass is 10.0. The Bertz CT molecular complexity index is 1180. The number of ether oxygens (including phenoxy) is 2. The number of rotatable bonds is 60. The van der Waals surface area contributed by atoms with Crippen molar-refractivity contribution < 1.29 is 42.1 Å². The number of hydrogen-bond acceptors (Lipinski definition) is 8. The van der Waals surface area contributed by atoms with Crippen molar-refractivity contribution in [2.45, 2.75) is 341 Å². The van der Waals surface area contributed by atoms with Crippen LogP contribution in [0.25, 0.3) is 0 Å². The highest BCUT2D eigenvalue weighted by Gasteiger charge is 2.22. The number of quaternary nitrogens is 1. The van der Waals surface area contributed by atoms with Crippen molar-refractivity contribution in [3.05, 3.63) is 0 Å². The second kappa shape index (κ2) is 54.8. The van der Waals surface area contributed by atoms with Gasteiger partial charge in [0, 0.05) is 12.8 Å². The molecule has 10 heteroatoms. The van der Waals surface area contributed by atoms with Crippen molar-refractivity contribution in [3.63, 3.8) is 0 Å². The SMILES string of the molecule is CCCCCCCCCCCCCCCCCCCCCCCCCCC(=O)OCC(COP(=O)([O-])OCC[N+](C)(C)C)OC(=O)CCCCCCCCCCCCCCCCCCCCCCCCCC. The highest BCUT2D eigenvalue weighted by molar-refractivity contribution is 7.45. The summed E-state index contributed by atoms with van der Waals surface area (Å²) in [4.78, 5) is 37.9. The van der Waals surface area contributed by atoms with Gasteiger partial charge in [0.25, 0.3) is 7.82 Å². The molecule has 0 aliphatic carbocycles. The van der Waals surface area contributed by atoms with Crippen molar-refractivity contribution in [2.75, 3.05) is 47.5 Å². The molecule has 0 aliphatic rings. The molecule has 0 heterocycles. The van der Waals surface area contributed by atoms with Crippen LogP contribution in [0.4, 0.5) is 0 Å². The average molecular weight is 1040 g/mol. The summed E-state index contributed by atoms with van der Waals surface area (Å²) >= 11 is 0. The van der Waals surface area contributed by atoms with Gasteiger partial charge >= 0.3 is 11.9 Å². The largest absolute Gasteiger partial charge is 0.756 e. The van der Waals surface area contributed by atoms with Crippen LogP contribution in [0.2, 0.25) is 0 Å². The fourth-order valence-electron chi connectivity index (χ4n) is 9.72. The highest BCUT2D eigenvalue weighted by atomic mass is 31.2. The normalized spacial score (nSPS) is 13.1. The molecular weight excluding hydrogens is 918 g/mol. The summed E-state index contributed by atoms with van der Waals surface area (Å²) in [5, 5.41) is 0. The van der Waals surface area contributed by atoms with Gasteiger partial charge in [0.15, 0.2) is 6.10 Å². The number of carbonyl (C=O) groups is 2. The second-order valence-electron chi connectivity index (χ2n) is 23.1. The molecule has 2 unspecified atom stereocenters. The topological polar surface area (TPSA) is 111 Å². The first-order valence-electron chi connectivity index (χ1n) is 31.7. The number of hydrogen-bond donors (Lipinski definition) is 0. The van der Waals surface area contributed by atoms with E-state index in [4.69, 9.17) is 18.5 Å².